The predicted molar refractivity (Wildman–Crippen MR) is 98.3 cm³/mol. The van der Waals surface area contributed by atoms with Crippen LogP contribution >= 0.6 is 0 Å². The summed E-state index contributed by atoms with van der Waals surface area (Å²) >= 11 is 0. The molecule has 0 fully saturated rings. The molecular formula is C19H41OSi. The zero-order valence-corrected chi connectivity index (χ0v) is 16.4. The summed E-state index contributed by atoms with van der Waals surface area (Å²) in [7, 11) is -0.474. The van der Waals surface area contributed by atoms with E-state index in [1.165, 1.54) is 83.5 Å². The van der Waals surface area contributed by atoms with Crippen molar-refractivity contribution in [2.75, 3.05) is 6.61 Å². The van der Waals surface area contributed by atoms with Gasteiger partial charge in [0, 0.05) is 6.61 Å². The average molecular weight is 314 g/mol. The fraction of sp³-hybridized carbons (Fsp3) is 1.00. The second-order valence-electron chi connectivity index (χ2n) is 6.79. The zero-order valence-electron chi connectivity index (χ0n) is 15.4. The van der Waals surface area contributed by atoms with Gasteiger partial charge in [-0.05, 0) is 31.9 Å². The monoisotopic (exact) mass is 313 g/mol. The molecule has 0 spiro atoms. The van der Waals surface area contributed by atoms with Crippen molar-refractivity contribution in [1.82, 2.24) is 0 Å². The van der Waals surface area contributed by atoms with Crippen molar-refractivity contribution in [2.24, 2.45) is 5.92 Å². The molecule has 0 aliphatic rings. The Morgan fingerprint density at radius 2 is 1.24 bits per heavy atom. The summed E-state index contributed by atoms with van der Waals surface area (Å²) in [6, 6.07) is 0. The third-order valence-corrected chi connectivity index (χ3v) is 5.22. The molecule has 0 aromatic heterocycles. The van der Waals surface area contributed by atoms with Crippen LogP contribution in [0.1, 0.15) is 97.3 Å². The molecule has 127 valence electrons. The van der Waals surface area contributed by atoms with Crippen molar-refractivity contribution in [3.8, 4) is 0 Å². The Kier molecular flexibility index (Phi) is 16.7. The highest BCUT2D eigenvalue weighted by atomic mass is 28.3. The maximum Gasteiger partial charge on any atom is 0.204 e. The molecule has 0 heterocycles. The molecular weight excluding hydrogens is 272 g/mol. The molecule has 0 aromatic rings. The highest BCUT2D eigenvalue weighted by Gasteiger charge is 2.06. The Bertz CT molecular complexity index is 194. The molecule has 0 saturated carbocycles. The lowest BCUT2D eigenvalue weighted by Crippen LogP contribution is -2.10. The average Bonchev–Trinajstić information content (AvgIpc) is 2.47. The lowest BCUT2D eigenvalue weighted by atomic mass is 9.93. The maximum atomic E-state index is 5.74. The van der Waals surface area contributed by atoms with Crippen LogP contribution in [0.15, 0.2) is 0 Å². The van der Waals surface area contributed by atoms with Crippen molar-refractivity contribution in [1.29, 1.82) is 0 Å². The van der Waals surface area contributed by atoms with Crippen LogP contribution in [-0.2, 0) is 4.43 Å². The third-order valence-electron chi connectivity index (χ3n) is 4.44. The van der Waals surface area contributed by atoms with Gasteiger partial charge in [-0.15, -0.1) is 0 Å². The predicted octanol–water partition coefficient (Wildman–Crippen LogP) is 6.98. The van der Waals surface area contributed by atoms with Crippen LogP contribution < -0.4 is 0 Å². The summed E-state index contributed by atoms with van der Waals surface area (Å²) in [5.41, 5.74) is 0. The van der Waals surface area contributed by atoms with Gasteiger partial charge in [-0.25, -0.2) is 0 Å². The van der Waals surface area contributed by atoms with Gasteiger partial charge in [0.1, 0.15) is 0 Å². The van der Waals surface area contributed by atoms with E-state index in [4.69, 9.17) is 4.43 Å². The summed E-state index contributed by atoms with van der Waals surface area (Å²) in [5.74, 6) is 0.947. The summed E-state index contributed by atoms with van der Waals surface area (Å²) in [4.78, 5) is 0. The molecule has 1 unspecified atom stereocenters. The third kappa shape index (κ3) is 16.4. The number of rotatable bonds is 16. The summed E-state index contributed by atoms with van der Waals surface area (Å²) in [6.07, 6.45) is 18.5. The second kappa shape index (κ2) is 16.5. The number of hydrogen-bond acceptors (Lipinski definition) is 1. The van der Waals surface area contributed by atoms with Gasteiger partial charge in [0.05, 0.1) is 0 Å². The molecule has 0 bridgehead atoms. The van der Waals surface area contributed by atoms with Crippen LogP contribution in [0, 0.1) is 5.92 Å². The van der Waals surface area contributed by atoms with Crippen LogP contribution in [0.25, 0.3) is 0 Å². The van der Waals surface area contributed by atoms with Gasteiger partial charge in [0.2, 0.25) is 9.04 Å². The minimum absolute atomic E-state index is 0.474. The number of hydrogen-bond donors (Lipinski definition) is 0. The van der Waals surface area contributed by atoms with Crippen molar-refractivity contribution in [3.63, 3.8) is 0 Å². The van der Waals surface area contributed by atoms with Crippen molar-refractivity contribution >= 4 is 9.04 Å². The Morgan fingerprint density at radius 3 is 1.76 bits per heavy atom. The van der Waals surface area contributed by atoms with Crippen LogP contribution in [-0.4, -0.2) is 15.6 Å². The van der Waals surface area contributed by atoms with E-state index in [1.807, 2.05) is 0 Å². The van der Waals surface area contributed by atoms with Gasteiger partial charge in [-0.2, -0.15) is 0 Å². The SMILES string of the molecule is CCCCCCCCCCCC(CC)CCCO[Si](C)C. The van der Waals surface area contributed by atoms with E-state index in [-0.39, 0.29) is 0 Å². The molecule has 0 N–H and O–H groups in total. The van der Waals surface area contributed by atoms with Crippen LogP contribution in [0.5, 0.6) is 0 Å². The molecule has 0 aromatic carbocycles. The smallest absolute Gasteiger partial charge is 0.204 e. The molecule has 2 heteroatoms. The van der Waals surface area contributed by atoms with Gasteiger partial charge >= 0.3 is 0 Å². The topological polar surface area (TPSA) is 9.23 Å². The molecule has 0 aliphatic carbocycles. The van der Waals surface area contributed by atoms with E-state index in [0.717, 1.165) is 12.5 Å². The Morgan fingerprint density at radius 1 is 0.714 bits per heavy atom. The zero-order chi connectivity index (χ0) is 15.8. The van der Waals surface area contributed by atoms with Gasteiger partial charge in [-0.3, -0.25) is 0 Å². The first-order chi connectivity index (χ1) is 10.2. The van der Waals surface area contributed by atoms with Gasteiger partial charge in [0.25, 0.3) is 0 Å². The molecule has 1 radical (unpaired) electrons. The van der Waals surface area contributed by atoms with Crippen molar-refractivity contribution < 1.29 is 4.43 Å². The Labute approximate surface area is 137 Å². The lowest BCUT2D eigenvalue weighted by Gasteiger charge is -2.15. The molecule has 21 heavy (non-hydrogen) atoms. The van der Waals surface area contributed by atoms with E-state index >= 15 is 0 Å². The normalized spacial score (nSPS) is 13.0. The molecule has 0 saturated heterocycles. The largest absolute Gasteiger partial charge is 0.417 e. The van der Waals surface area contributed by atoms with E-state index < -0.39 is 9.04 Å². The van der Waals surface area contributed by atoms with Crippen LogP contribution in [0.4, 0.5) is 0 Å². The van der Waals surface area contributed by atoms with Crippen LogP contribution in [0.3, 0.4) is 0 Å². The van der Waals surface area contributed by atoms with E-state index in [0.29, 0.717) is 0 Å². The van der Waals surface area contributed by atoms with Gasteiger partial charge in [-0.1, -0.05) is 84.5 Å². The van der Waals surface area contributed by atoms with Gasteiger partial charge < -0.3 is 4.43 Å². The van der Waals surface area contributed by atoms with E-state index in [2.05, 4.69) is 26.9 Å². The molecule has 0 amide bonds. The highest BCUT2D eigenvalue weighted by molar-refractivity contribution is 6.48. The first kappa shape index (κ1) is 21.2. The maximum absolute atomic E-state index is 5.74. The quantitative estimate of drug-likeness (QED) is 0.220. The Hall–Kier alpha value is 0.177. The van der Waals surface area contributed by atoms with Crippen molar-refractivity contribution in [3.05, 3.63) is 0 Å². The van der Waals surface area contributed by atoms with E-state index in [9.17, 15) is 0 Å². The minimum atomic E-state index is -0.474. The van der Waals surface area contributed by atoms with Crippen molar-refractivity contribution in [2.45, 2.75) is 110 Å². The molecule has 0 rings (SSSR count). The highest BCUT2D eigenvalue weighted by Crippen LogP contribution is 2.20. The minimum Gasteiger partial charge on any atom is -0.417 e. The first-order valence-corrected chi connectivity index (χ1v) is 12.0. The Balaban J connectivity index is 3.30. The van der Waals surface area contributed by atoms with E-state index in [1.54, 1.807) is 0 Å². The molecule has 1 atom stereocenters. The van der Waals surface area contributed by atoms with Gasteiger partial charge in [0.15, 0.2) is 0 Å². The standard InChI is InChI=1S/C19H41OSi/c1-5-7-8-9-10-11-12-13-14-16-19(6-2)17-15-18-20-21(3)4/h19H,5-18H2,1-4H3. The summed E-state index contributed by atoms with van der Waals surface area (Å²) in [6.45, 7) is 10.1. The lowest BCUT2D eigenvalue weighted by molar-refractivity contribution is 0.290. The molecule has 1 nitrogen and oxygen atoms in total. The fourth-order valence-electron chi connectivity index (χ4n) is 2.94. The number of unbranched alkanes of at least 4 members (excludes halogenated alkanes) is 8. The molecule has 0 aliphatic heterocycles. The first-order valence-electron chi connectivity index (χ1n) is 9.63. The summed E-state index contributed by atoms with van der Waals surface area (Å²) in [5, 5.41) is 0. The fourth-order valence-corrected chi connectivity index (χ4v) is 3.50. The summed E-state index contributed by atoms with van der Waals surface area (Å²) < 4.78 is 5.74. The van der Waals surface area contributed by atoms with Crippen LogP contribution in [0.2, 0.25) is 13.1 Å². The second-order valence-corrected chi connectivity index (χ2v) is 8.90.